The van der Waals surface area contributed by atoms with Gasteiger partial charge in [0, 0.05) is 0 Å². The zero-order valence-electron chi connectivity index (χ0n) is 25.6. The smallest absolute Gasteiger partial charge is 0.142 e. The first-order valence-electron chi connectivity index (χ1n) is 15.0. The van der Waals surface area contributed by atoms with Crippen LogP contribution < -0.4 is 0 Å². The maximum atomic E-state index is 11.5. The van der Waals surface area contributed by atoms with Crippen LogP contribution in [0, 0.1) is 54.3 Å². The third kappa shape index (κ3) is 6.03. The van der Waals surface area contributed by atoms with E-state index in [0.717, 1.165) is 37.4 Å². The number of fused-ring (bicyclic) bond motifs is 3. The van der Waals surface area contributed by atoms with Crippen LogP contribution in [0.2, 0.25) is 0 Å². The predicted octanol–water partition coefficient (Wildman–Crippen LogP) is 10.4. The zero-order chi connectivity index (χ0) is 28.7. The average Bonchev–Trinajstić information content (AvgIpc) is 3.24. The molecule has 38 heavy (non-hydrogen) atoms. The predicted molar refractivity (Wildman–Crippen MR) is 167 cm³/mol. The molecule has 1 aromatic carbocycles. The van der Waals surface area contributed by atoms with Gasteiger partial charge in [-0.15, -0.1) is 26.3 Å². The van der Waals surface area contributed by atoms with E-state index in [9.17, 15) is 4.79 Å². The fourth-order valence-electron chi connectivity index (χ4n) is 9.53. The molecule has 1 aromatic rings. The molecule has 3 aliphatic rings. The number of benzene rings is 1. The summed E-state index contributed by atoms with van der Waals surface area (Å²) >= 11 is 0. The van der Waals surface area contributed by atoms with Crippen molar-refractivity contribution >= 4 is 6.29 Å². The SMILES string of the molecule is C=C.C=C.C=C(CCc1ccc(C)cc1C)C1CCC2C3CC/C(=C/C=O)C(C)(CCC)C3C(C)CC12C. The summed E-state index contributed by atoms with van der Waals surface area (Å²) in [4.78, 5) is 11.5. The average molecular weight is 517 g/mol. The molecule has 3 aliphatic carbocycles. The topological polar surface area (TPSA) is 17.1 Å². The van der Waals surface area contributed by atoms with E-state index in [1.165, 1.54) is 66.4 Å². The minimum absolute atomic E-state index is 0.192. The number of hydrogen-bond acceptors (Lipinski definition) is 1. The lowest BCUT2D eigenvalue weighted by molar-refractivity contribution is -0.104. The van der Waals surface area contributed by atoms with Gasteiger partial charge in [-0.3, -0.25) is 4.79 Å². The van der Waals surface area contributed by atoms with Gasteiger partial charge in [-0.2, -0.15) is 0 Å². The van der Waals surface area contributed by atoms with E-state index >= 15 is 0 Å². The van der Waals surface area contributed by atoms with Crippen molar-refractivity contribution < 1.29 is 4.79 Å². The Morgan fingerprint density at radius 3 is 2.37 bits per heavy atom. The van der Waals surface area contributed by atoms with Gasteiger partial charge in [0.2, 0.25) is 0 Å². The minimum Gasteiger partial charge on any atom is -0.299 e. The number of carbonyl (C=O) groups is 1. The van der Waals surface area contributed by atoms with Crippen molar-refractivity contribution in [3.63, 3.8) is 0 Å². The molecule has 0 aromatic heterocycles. The van der Waals surface area contributed by atoms with Crippen LogP contribution in [-0.2, 0) is 11.2 Å². The van der Waals surface area contributed by atoms with Crippen LogP contribution in [0.1, 0.15) is 95.8 Å². The van der Waals surface area contributed by atoms with Gasteiger partial charge in [0.05, 0.1) is 0 Å². The highest BCUT2D eigenvalue weighted by Crippen LogP contribution is 2.68. The van der Waals surface area contributed by atoms with E-state index in [4.69, 9.17) is 6.58 Å². The second-order valence-corrected chi connectivity index (χ2v) is 12.7. The monoisotopic (exact) mass is 516 g/mol. The number of allylic oxidation sites excluding steroid dienone is 3. The fourth-order valence-corrected chi connectivity index (χ4v) is 9.53. The molecular formula is C37H56O. The van der Waals surface area contributed by atoms with E-state index in [-0.39, 0.29) is 5.41 Å². The van der Waals surface area contributed by atoms with E-state index in [0.29, 0.717) is 23.2 Å². The highest BCUT2D eigenvalue weighted by atomic mass is 16.1. The number of hydrogen-bond donors (Lipinski definition) is 0. The van der Waals surface area contributed by atoms with Crippen molar-refractivity contribution in [2.24, 2.45) is 40.4 Å². The minimum atomic E-state index is 0.192. The van der Waals surface area contributed by atoms with Crippen molar-refractivity contribution in [2.75, 3.05) is 0 Å². The lowest BCUT2D eigenvalue weighted by atomic mass is 9.44. The Morgan fingerprint density at radius 2 is 1.76 bits per heavy atom. The van der Waals surface area contributed by atoms with E-state index < -0.39 is 0 Å². The standard InChI is InChI=1S/C33H48O.2C2H4/c1-8-18-32(6)27(17-19-34)13-14-28-30-16-15-29(33(30,7)21-25(5)31(28)32)23(3)10-12-26-11-9-22(2)20-24(26)4;2*1-2/h9,11,17,19-20,25,28-31H,3,8,10,12-16,18,21H2,1-2,4-7H3;2*1-2H2/b27-17-;;. The van der Waals surface area contributed by atoms with Gasteiger partial charge in [-0.1, -0.05) is 75.6 Å². The van der Waals surface area contributed by atoms with Crippen molar-refractivity contribution in [3.05, 3.63) is 85.0 Å². The fraction of sp³-hybridized carbons (Fsp3) is 0.595. The summed E-state index contributed by atoms with van der Waals surface area (Å²) in [6.07, 6.45) is 14.0. The molecule has 0 saturated heterocycles. The van der Waals surface area contributed by atoms with Crippen LogP contribution in [0.15, 0.2) is 68.3 Å². The molecule has 1 heteroatoms. The van der Waals surface area contributed by atoms with Gasteiger partial charge in [0.25, 0.3) is 0 Å². The van der Waals surface area contributed by atoms with Crippen molar-refractivity contribution in [1.29, 1.82) is 0 Å². The summed E-state index contributed by atoms with van der Waals surface area (Å²) in [6, 6.07) is 6.90. The number of aldehydes is 1. The van der Waals surface area contributed by atoms with Gasteiger partial charge in [-0.25, -0.2) is 0 Å². The third-order valence-electron chi connectivity index (χ3n) is 10.7. The molecule has 0 radical (unpaired) electrons. The molecule has 210 valence electrons. The van der Waals surface area contributed by atoms with Crippen molar-refractivity contribution in [1.82, 2.24) is 0 Å². The van der Waals surface area contributed by atoms with E-state index in [1.807, 2.05) is 6.08 Å². The summed E-state index contributed by atoms with van der Waals surface area (Å²) in [7, 11) is 0. The summed E-state index contributed by atoms with van der Waals surface area (Å²) < 4.78 is 0. The van der Waals surface area contributed by atoms with Crippen LogP contribution >= 0.6 is 0 Å². The zero-order valence-corrected chi connectivity index (χ0v) is 25.6. The van der Waals surface area contributed by atoms with E-state index in [2.05, 4.69) is 86.1 Å². The summed E-state index contributed by atoms with van der Waals surface area (Å²) in [5, 5.41) is 0. The van der Waals surface area contributed by atoms with Gasteiger partial charge >= 0.3 is 0 Å². The van der Waals surface area contributed by atoms with Crippen LogP contribution in [0.4, 0.5) is 0 Å². The molecule has 0 bridgehead atoms. The molecule has 0 spiro atoms. The Hall–Kier alpha value is -2.15. The summed E-state index contributed by atoms with van der Waals surface area (Å²) in [5.74, 6) is 3.69. The summed E-state index contributed by atoms with van der Waals surface area (Å²) in [5.41, 5.74) is 7.79. The molecule has 0 amide bonds. The number of carbonyl (C=O) groups excluding carboxylic acids is 1. The van der Waals surface area contributed by atoms with Crippen LogP contribution in [0.3, 0.4) is 0 Å². The van der Waals surface area contributed by atoms with Gasteiger partial charge in [-0.05, 0) is 123 Å². The first-order valence-corrected chi connectivity index (χ1v) is 15.0. The first kappa shape index (κ1) is 32.1. The van der Waals surface area contributed by atoms with Crippen LogP contribution in [-0.4, -0.2) is 6.29 Å². The molecule has 4 rings (SSSR count). The van der Waals surface area contributed by atoms with E-state index in [1.54, 1.807) is 0 Å². The Balaban J connectivity index is 0.00000121. The Kier molecular flexibility index (Phi) is 11.6. The van der Waals surface area contributed by atoms with Gasteiger partial charge in [0.1, 0.15) is 6.29 Å². The largest absolute Gasteiger partial charge is 0.299 e. The highest BCUT2D eigenvalue weighted by Gasteiger charge is 2.60. The quantitative estimate of drug-likeness (QED) is 0.200. The maximum Gasteiger partial charge on any atom is 0.142 e. The van der Waals surface area contributed by atoms with Crippen LogP contribution in [0.25, 0.3) is 0 Å². The highest BCUT2D eigenvalue weighted by molar-refractivity contribution is 5.66. The Labute approximate surface area is 235 Å². The van der Waals surface area contributed by atoms with Gasteiger partial charge in [0.15, 0.2) is 0 Å². The molecular weight excluding hydrogens is 460 g/mol. The van der Waals surface area contributed by atoms with Crippen molar-refractivity contribution in [3.8, 4) is 0 Å². The molecule has 7 atom stereocenters. The maximum absolute atomic E-state index is 11.5. The molecule has 0 heterocycles. The molecule has 0 N–H and O–H groups in total. The van der Waals surface area contributed by atoms with Gasteiger partial charge < -0.3 is 0 Å². The number of aryl methyl sites for hydroxylation is 3. The molecule has 0 aliphatic heterocycles. The van der Waals surface area contributed by atoms with Crippen molar-refractivity contribution in [2.45, 2.75) is 99.3 Å². The second-order valence-electron chi connectivity index (χ2n) is 12.7. The molecule has 7 unspecified atom stereocenters. The number of rotatable bonds is 7. The Morgan fingerprint density at radius 1 is 1.08 bits per heavy atom. The van der Waals surface area contributed by atoms with Crippen LogP contribution in [0.5, 0.6) is 0 Å². The summed E-state index contributed by atoms with van der Waals surface area (Å²) in [6.45, 7) is 31.1. The normalized spacial score (nSPS) is 34.6. The lowest BCUT2D eigenvalue weighted by Gasteiger charge is -2.60. The second kappa shape index (κ2) is 13.8. The molecule has 3 saturated carbocycles. The first-order chi connectivity index (χ1) is 18.2. The lowest BCUT2D eigenvalue weighted by Crippen LogP contribution is -2.53. The third-order valence-corrected chi connectivity index (χ3v) is 10.7. The molecule has 3 fully saturated rings. The molecule has 1 nitrogen and oxygen atoms in total. The Bertz CT molecular complexity index is 982.